The molecule has 0 atom stereocenters. The van der Waals surface area contributed by atoms with Crippen molar-refractivity contribution in [2.75, 3.05) is 7.11 Å². The van der Waals surface area contributed by atoms with Gasteiger partial charge in [-0.25, -0.2) is 4.79 Å². The smallest absolute Gasteiger partial charge is 0.360 e. The summed E-state index contributed by atoms with van der Waals surface area (Å²) in [7, 11) is -3.16. The lowest BCUT2D eigenvalue weighted by molar-refractivity contribution is -0.132. The van der Waals surface area contributed by atoms with Crippen LogP contribution >= 0.6 is 11.6 Å². The highest BCUT2D eigenvalue weighted by Gasteiger charge is 2.25. The summed E-state index contributed by atoms with van der Waals surface area (Å²) in [6.45, 7) is 3.59. The Morgan fingerprint density at radius 2 is 1.54 bits per heavy atom. The third-order valence-corrected chi connectivity index (χ3v) is 6.45. The first-order valence-electron chi connectivity index (χ1n) is 10.3. The second kappa shape index (κ2) is 11.2. The number of hydrogen-bond donors (Lipinski definition) is 1. The van der Waals surface area contributed by atoms with Crippen molar-refractivity contribution >= 4 is 44.7 Å². The van der Waals surface area contributed by atoms with Crippen LogP contribution in [0, 0.1) is 6.92 Å². The molecule has 0 spiro atoms. The molecular formula is C25H23ClN2O6S. The van der Waals surface area contributed by atoms with Gasteiger partial charge in [0.05, 0.1) is 7.11 Å². The van der Waals surface area contributed by atoms with E-state index in [2.05, 4.69) is 5.16 Å². The SMILES string of the molecule is COC(=O)C(=NOS(=O)(=O)c1ccc(C)cc1)c1ccccc1C(ON)=C(C)c1ccc(Cl)cc1. The fourth-order valence-corrected chi connectivity index (χ4v) is 4.05. The molecule has 35 heavy (non-hydrogen) atoms. The van der Waals surface area contributed by atoms with E-state index in [-0.39, 0.29) is 16.2 Å². The predicted molar refractivity (Wildman–Crippen MR) is 134 cm³/mol. The number of carbonyl (C=O) groups excluding carboxylic acids is 1. The molecule has 2 N–H and O–H groups in total. The molecule has 0 heterocycles. The Balaban J connectivity index is 2.12. The zero-order chi connectivity index (χ0) is 25.6. The van der Waals surface area contributed by atoms with E-state index >= 15 is 0 Å². The lowest BCUT2D eigenvalue weighted by Gasteiger charge is -2.15. The molecule has 0 amide bonds. The molecular weight excluding hydrogens is 492 g/mol. The highest BCUT2D eigenvalue weighted by Crippen LogP contribution is 2.30. The highest BCUT2D eigenvalue weighted by molar-refractivity contribution is 7.86. The number of nitrogens with two attached hydrogens (primary N) is 1. The first kappa shape index (κ1) is 26.0. The van der Waals surface area contributed by atoms with Gasteiger partial charge in [0.2, 0.25) is 0 Å². The van der Waals surface area contributed by atoms with Crippen molar-refractivity contribution in [1.29, 1.82) is 0 Å². The molecule has 3 rings (SSSR count). The number of halogens is 1. The number of carbonyl (C=O) groups is 1. The van der Waals surface area contributed by atoms with Gasteiger partial charge in [0, 0.05) is 21.7 Å². The van der Waals surface area contributed by atoms with Crippen molar-refractivity contribution in [3.63, 3.8) is 0 Å². The Morgan fingerprint density at radius 3 is 2.11 bits per heavy atom. The monoisotopic (exact) mass is 514 g/mol. The van der Waals surface area contributed by atoms with Crippen LogP contribution in [0.15, 0.2) is 82.8 Å². The number of allylic oxidation sites excluding steroid dienone is 1. The van der Waals surface area contributed by atoms with Crippen LogP contribution in [0.3, 0.4) is 0 Å². The van der Waals surface area contributed by atoms with Gasteiger partial charge in [0.1, 0.15) is 4.90 Å². The number of aryl methyl sites for hydroxylation is 1. The van der Waals surface area contributed by atoms with Crippen molar-refractivity contribution in [2.45, 2.75) is 18.7 Å². The van der Waals surface area contributed by atoms with Gasteiger partial charge in [0.15, 0.2) is 11.5 Å². The van der Waals surface area contributed by atoms with E-state index in [1.165, 1.54) is 12.1 Å². The van der Waals surface area contributed by atoms with Crippen LogP contribution in [0.1, 0.15) is 29.2 Å². The zero-order valence-corrected chi connectivity index (χ0v) is 20.8. The van der Waals surface area contributed by atoms with E-state index in [9.17, 15) is 13.2 Å². The summed E-state index contributed by atoms with van der Waals surface area (Å²) in [5.41, 5.74) is 2.43. The molecule has 3 aromatic carbocycles. The average molecular weight is 515 g/mol. The molecule has 0 aliphatic heterocycles. The zero-order valence-electron chi connectivity index (χ0n) is 19.2. The summed E-state index contributed by atoms with van der Waals surface area (Å²) in [5.74, 6) is 4.92. The molecule has 0 saturated heterocycles. The van der Waals surface area contributed by atoms with Gasteiger partial charge in [-0.05, 0) is 43.7 Å². The normalized spacial score (nSPS) is 12.5. The molecule has 0 fully saturated rings. The Morgan fingerprint density at radius 1 is 0.943 bits per heavy atom. The molecule has 0 aliphatic carbocycles. The quantitative estimate of drug-likeness (QED) is 0.152. The average Bonchev–Trinajstić information content (AvgIpc) is 2.85. The van der Waals surface area contributed by atoms with Gasteiger partial charge in [-0.3, -0.25) is 4.28 Å². The van der Waals surface area contributed by atoms with Crippen molar-refractivity contribution in [1.82, 2.24) is 0 Å². The third-order valence-electron chi connectivity index (χ3n) is 5.08. The minimum absolute atomic E-state index is 0.117. The number of benzene rings is 3. The Hall–Kier alpha value is -3.66. The summed E-state index contributed by atoms with van der Waals surface area (Å²) in [5, 5.41) is 4.23. The van der Waals surface area contributed by atoms with Gasteiger partial charge in [-0.2, -0.15) is 14.3 Å². The van der Waals surface area contributed by atoms with Crippen molar-refractivity contribution < 1.29 is 27.1 Å². The molecule has 8 nitrogen and oxygen atoms in total. The van der Waals surface area contributed by atoms with E-state index in [1.807, 2.05) is 6.92 Å². The Bertz CT molecular complexity index is 1380. The van der Waals surface area contributed by atoms with Crippen LogP contribution in [0.5, 0.6) is 0 Å². The molecule has 0 aliphatic rings. The van der Waals surface area contributed by atoms with Crippen LogP contribution in [-0.2, 0) is 28.8 Å². The van der Waals surface area contributed by atoms with Gasteiger partial charge in [-0.15, -0.1) is 0 Å². The number of rotatable bonds is 8. The number of hydrogen-bond acceptors (Lipinski definition) is 8. The van der Waals surface area contributed by atoms with E-state index in [1.54, 1.807) is 67.6 Å². The third kappa shape index (κ3) is 6.07. The fraction of sp³-hybridized carbons (Fsp3) is 0.120. The number of esters is 1. The molecule has 0 unspecified atom stereocenters. The highest BCUT2D eigenvalue weighted by atomic mass is 35.5. The van der Waals surface area contributed by atoms with Gasteiger partial charge >= 0.3 is 16.1 Å². The molecule has 3 aromatic rings. The molecule has 0 saturated carbocycles. The number of nitrogens with zero attached hydrogens (tertiary/aromatic N) is 1. The maximum Gasteiger partial charge on any atom is 0.360 e. The summed E-state index contributed by atoms with van der Waals surface area (Å²) >= 11 is 5.99. The van der Waals surface area contributed by atoms with E-state index < -0.39 is 21.8 Å². The topological polar surface area (TPSA) is 117 Å². The second-order valence-corrected chi connectivity index (χ2v) is 9.36. The van der Waals surface area contributed by atoms with Crippen molar-refractivity contribution in [2.24, 2.45) is 11.1 Å². The van der Waals surface area contributed by atoms with E-state index in [4.69, 9.17) is 31.4 Å². The molecule has 10 heteroatoms. The van der Waals surface area contributed by atoms with E-state index in [0.717, 1.165) is 18.2 Å². The predicted octanol–water partition coefficient (Wildman–Crippen LogP) is 4.71. The molecule has 0 bridgehead atoms. The Kier molecular flexibility index (Phi) is 8.29. The van der Waals surface area contributed by atoms with Crippen LogP contribution in [0.2, 0.25) is 5.02 Å². The Labute approximate surface area is 208 Å². The maximum atomic E-state index is 12.6. The number of oxime groups is 1. The fourth-order valence-electron chi connectivity index (χ4n) is 3.20. The summed E-state index contributed by atoms with van der Waals surface area (Å²) < 4.78 is 35.0. The first-order chi connectivity index (χ1) is 16.7. The summed E-state index contributed by atoms with van der Waals surface area (Å²) in [4.78, 5) is 17.7. The van der Waals surface area contributed by atoms with E-state index in [0.29, 0.717) is 16.2 Å². The largest absolute Gasteiger partial charge is 0.464 e. The number of ether oxygens (including phenoxy) is 1. The minimum Gasteiger partial charge on any atom is -0.464 e. The first-order valence-corrected chi connectivity index (χ1v) is 12.1. The minimum atomic E-state index is -4.30. The maximum absolute atomic E-state index is 12.6. The van der Waals surface area contributed by atoms with Crippen molar-refractivity contribution in [3.8, 4) is 0 Å². The van der Waals surface area contributed by atoms with Gasteiger partial charge in [0.25, 0.3) is 0 Å². The van der Waals surface area contributed by atoms with Crippen LogP contribution in [-0.4, -0.2) is 27.2 Å². The van der Waals surface area contributed by atoms with Gasteiger partial charge in [-0.1, -0.05) is 70.9 Å². The summed E-state index contributed by atoms with van der Waals surface area (Å²) in [6, 6.07) is 19.5. The lowest BCUT2D eigenvalue weighted by atomic mass is 9.96. The van der Waals surface area contributed by atoms with Crippen LogP contribution in [0.25, 0.3) is 11.3 Å². The van der Waals surface area contributed by atoms with Crippen molar-refractivity contribution in [3.05, 3.63) is 100 Å². The van der Waals surface area contributed by atoms with Crippen LogP contribution in [0.4, 0.5) is 0 Å². The van der Waals surface area contributed by atoms with Gasteiger partial charge < -0.3 is 9.57 Å². The molecule has 0 aromatic heterocycles. The van der Waals surface area contributed by atoms with Crippen LogP contribution < -0.4 is 5.90 Å². The molecule has 182 valence electrons. The molecule has 0 radical (unpaired) electrons. The summed E-state index contributed by atoms with van der Waals surface area (Å²) in [6.07, 6.45) is 0. The lowest BCUT2D eigenvalue weighted by Crippen LogP contribution is -2.21. The standard InChI is InChI=1S/C25H23ClN2O6S/c1-16-8-14-20(15-9-16)35(30,31)34-28-23(25(29)32-3)21-6-4-5-7-22(21)24(33-27)17(2)18-10-12-19(26)13-11-18/h4-15H,27H2,1-3H3. The second-order valence-electron chi connectivity index (χ2n) is 7.40. The number of methoxy groups -OCH3 is 1.